The molecular weight excluding hydrogens is 383 g/mol. The SMILES string of the molecule is Cc1cc(-c2nn3c(-c4ccc(F)c(Br)c4)nnc3s2)n(C)n1. The molecule has 116 valence electrons. The highest BCUT2D eigenvalue weighted by molar-refractivity contribution is 9.10. The summed E-state index contributed by atoms with van der Waals surface area (Å²) in [6.45, 7) is 1.94. The minimum Gasteiger partial charge on any atom is -0.265 e. The standard InChI is InChI=1S/C14H10BrFN6S/c1-7-5-11(21(2)19-7)13-20-22-12(17-18-14(22)23-13)8-3-4-10(16)9(15)6-8/h3-6H,1-2H3. The maximum Gasteiger partial charge on any atom is 0.235 e. The number of hydrogen-bond donors (Lipinski definition) is 0. The van der Waals surface area contributed by atoms with Gasteiger partial charge in [-0.15, -0.1) is 10.2 Å². The second-order valence-corrected chi connectivity index (χ2v) is 6.86. The molecule has 0 aliphatic carbocycles. The van der Waals surface area contributed by atoms with Gasteiger partial charge in [-0.25, -0.2) is 4.39 Å². The molecule has 0 saturated carbocycles. The van der Waals surface area contributed by atoms with Crippen LogP contribution in [0.5, 0.6) is 0 Å². The lowest BCUT2D eigenvalue weighted by molar-refractivity contribution is 0.621. The predicted octanol–water partition coefficient (Wildman–Crippen LogP) is 3.46. The third-order valence-electron chi connectivity index (χ3n) is 3.39. The third-order valence-corrected chi connectivity index (χ3v) is 4.92. The van der Waals surface area contributed by atoms with Crippen molar-refractivity contribution in [3.63, 3.8) is 0 Å². The van der Waals surface area contributed by atoms with Gasteiger partial charge in [-0.3, -0.25) is 4.68 Å². The first-order valence-electron chi connectivity index (χ1n) is 6.71. The van der Waals surface area contributed by atoms with Crippen molar-refractivity contribution in [2.24, 2.45) is 7.05 Å². The van der Waals surface area contributed by atoms with E-state index in [0.717, 1.165) is 22.0 Å². The molecule has 4 aromatic rings. The number of aryl methyl sites for hydroxylation is 2. The van der Waals surface area contributed by atoms with E-state index in [0.29, 0.717) is 15.3 Å². The summed E-state index contributed by atoms with van der Waals surface area (Å²) in [5, 5.41) is 18.0. The van der Waals surface area contributed by atoms with Crippen molar-refractivity contribution in [1.29, 1.82) is 0 Å². The summed E-state index contributed by atoms with van der Waals surface area (Å²) in [4.78, 5) is 0.675. The van der Waals surface area contributed by atoms with E-state index in [1.807, 2.05) is 20.0 Å². The van der Waals surface area contributed by atoms with Crippen molar-refractivity contribution < 1.29 is 4.39 Å². The van der Waals surface area contributed by atoms with E-state index in [9.17, 15) is 4.39 Å². The van der Waals surface area contributed by atoms with E-state index < -0.39 is 0 Å². The average Bonchev–Trinajstić information content (AvgIpc) is 3.15. The maximum absolute atomic E-state index is 13.4. The van der Waals surface area contributed by atoms with Crippen molar-refractivity contribution in [3.05, 3.63) is 40.2 Å². The van der Waals surface area contributed by atoms with Crippen molar-refractivity contribution >= 4 is 32.2 Å². The summed E-state index contributed by atoms with van der Waals surface area (Å²) >= 11 is 4.62. The highest BCUT2D eigenvalue weighted by Crippen LogP contribution is 2.29. The summed E-state index contributed by atoms with van der Waals surface area (Å²) < 4.78 is 17.2. The normalized spacial score (nSPS) is 11.5. The van der Waals surface area contributed by atoms with Crippen LogP contribution < -0.4 is 0 Å². The Bertz CT molecular complexity index is 1030. The fourth-order valence-corrected chi connectivity index (χ4v) is 3.61. The molecule has 0 unspecified atom stereocenters. The molecule has 0 fully saturated rings. The molecule has 3 aromatic heterocycles. The van der Waals surface area contributed by atoms with E-state index in [-0.39, 0.29) is 5.82 Å². The van der Waals surface area contributed by atoms with E-state index >= 15 is 0 Å². The van der Waals surface area contributed by atoms with Gasteiger partial charge in [0, 0.05) is 12.6 Å². The molecule has 0 N–H and O–H groups in total. The average molecular weight is 393 g/mol. The summed E-state index contributed by atoms with van der Waals surface area (Å²) in [5.74, 6) is 0.251. The largest absolute Gasteiger partial charge is 0.265 e. The van der Waals surface area contributed by atoms with Crippen LogP contribution in [0.1, 0.15) is 5.69 Å². The zero-order chi connectivity index (χ0) is 16.1. The van der Waals surface area contributed by atoms with Crippen LogP contribution in [-0.2, 0) is 7.05 Å². The van der Waals surface area contributed by atoms with E-state index in [4.69, 9.17) is 0 Å². The second kappa shape index (κ2) is 5.20. The van der Waals surface area contributed by atoms with Crippen LogP contribution in [0.3, 0.4) is 0 Å². The fourth-order valence-electron chi connectivity index (χ4n) is 2.35. The van der Waals surface area contributed by atoms with E-state index in [1.54, 1.807) is 21.3 Å². The zero-order valence-electron chi connectivity index (χ0n) is 12.2. The molecule has 0 aliphatic heterocycles. The molecule has 1 aromatic carbocycles. The van der Waals surface area contributed by atoms with Gasteiger partial charge in [-0.05, 0) is 47.1 Å². The van der Waals surface area contributed by atoms with Crippen LogP contribution >= 0.6 is 27.3 Å². The topological polar surface area (TPSA) is 60.9 Å². The summed E-state index contributed by atoms with van der Waals surface area (Å²) in [7, 11) is 1.88. The Labute approximate surface area is 142 Å². The maximum atomic E-state index is 13.4. The van der Waals surface area contributed by atoms with Gasteiger partial charge in [0.2, 0.25) is 4.96 Å². The van der Waals surface area contributed by atoms with Gasteiger partial charge in [-0.2, -0.15) is 14.7 Å². The lowest BCUT2D eigenvalue weighted by atomic mass is 10.2. The van der Waals surface area contributed by atoms with Gasteiger partial charge < -0.3 is 0 Å². The van der Waals surface area contributed by atoms with E-state index in [2.05, 4.69) is 36.3 Å². The molecule has 23 heavy (non-hydrogen) atoms. The molecule has 0 bridgehead atoms. The fraction of sp³-hybridized carbons (Fsp3) is 0.143. The first-order chi connectivity index (χ1) is 11.0. The first kappa shape index (κ1) is 14.5. The number of rotatable bonds is 2. The number of halogens is 2. The van der Waals surface area contributed by atoms with E-state index in [1.165, 1.54) is 17.4 Å². The number of aromatic nitrogens is 6. The highest BCUT2D eigenvalue weighted by atomic mass is 79.9. The van der Waals surface area contributed by atoms with Gasteiger partial charge in [0.25, 0.3) is 0 Å². The molecule has 0 amide bonds. The quantitative estimate of drug-likeness (QED) is 0.523. The van der Waals surface area contributed by atoms with Gasteiger partial charge in [0.05, 0.1) is 15.9 Å². The van der Waals surface area contributed by atoms with Crippen LogP contribution in [0.25, 0.3) is 27.1 Å². The molecule has 0 spiro atoms. The minimum absolute atomic E-state index is 0.321. The van der Waals surface area contributed by atoms with Gasteiger partial charge in [0.15, 0.2) is 10.8 Å². The Kier molecular flexibility index (Phi) is 3.27. The highest BCUT2D eigenvalue weighted by Gasteiger charge is 2.17. The van der Waals surface area contributed by atoms with Crippen molar-refractivity contribution in [2.75, 3.05) is 0 Å². The van der Waals surface area contributed by atoms with Crippen molar-refractivity contribution in [3.8, 4) is 22.1 Å². The molecule has 6 nitrogen and oxygen atoms in total. The van der Waals surface area contributed by atoms with Crippen LogP contribution in [0, 0.1) is 12.7 Å². The number of fused-ring (bicyclic) bond motifs is 1. The third kappa shape index (κ3) is 2.36. The zero-order valence-corrected chi connectivity index (χ0v) is 14.6. The number of benzene rings is 1. The Balaban J connectivity index is 1.86. The van der Waals surface area contributed by atoms with Gasteiger partial charge >= 0.3 is 0 Å². The number of nitrogens with zero attached hydrogens (tertiary/aromatic N) is 6. The van der Waals surface area contributed by atoms with Crippen LogP contribution in [-0.4, -0.2) is 29.6 Å². The lowest BCUT2D eigenvalue weighted by Gasteiger charge is -1.99. The van der Waals surface area contributed by atoms with Crippen molar-refractivity contribution in [1.82, 2.24) is 29.6 Å². The first-order valence-corrected chi connectivity index (χ1v) is 8.32. The molecule has 0 radical (unpaired) electrons. The van der Waals surface area contributed by atoms with Gasteiger partial charge in [-0.1, -0.05) is 11.3 Å². The molecule has 4 rings (SSSR count). The predicted molar refractivity (Wildman–Crippen MR) is 88.7 cm³/mol. The molecule has 0 saturated heterocycles. The molecule has 3 heterocycles. The monoisotopic (exact) mass is 392 g/mol. The Morgan fingerprint density at radius 2 is 2.00 bits per heavy atom. The molecular formula is C14H10BrFN6S. The molecule has 0 aliphatic rings. The summed E-state index contributed by atoms with van der Waals surface area (Å²) in [6.07, 6.45) is 0. The van der Waals surface area contributed by atoms with Crippen LogP contribution in [0.15, 0.2) is 28.7 Å². The van der Waals surface area contributed by atoms with Crippen molar-refractivity contribution in [2.45, 2.75) is 6.92 Å². The smallest absolute Gasteiger partial charge is 0.235 e. The second-order valence-electron chi connectivity index (χ2n) is 5.05. The summed E-state index contributed by atoms with van der Waals surface area (Å²) in [5.41, 5.74) is 2.59. The van der Waals surface area contributed by atoms with Crippen LogP contribution in [0.4, 0.5) is 4.39 Å². The summed E-state index contributed by atoms with van der Waals surface area (Å²) in [6, 6.07) is 6.68. The Hall–Kier alpha value is -2.13. The Morgan fingerprint density at radius 3 is 2.70 bits per heavy atom. The Morgan fingerprint density at radius 1 is 1.17 bits per heavy atom. The number of hydrogen-bond acceptors (Lipinski definition) is 5. The molecule has 9 heteroatoms. The lowest BCUT2D eigenvalue weighted by Crippen LogP contribution is -1.95. The van der Waals surface area contributed by atoms with Gasteiger partial charge in [0.1, 0.15) is 5.82 Å². The van der Waals surface area contributed by atoms with Crippen LogP contribution in [0.2, 0.25) is 0 Å². The molecule has 0 atom stereocenters. The minimum atomic E-state index is -0.321.